The normalized spacial score (nSPS) is 17.9. The van der Waals surface area contributed by atoms with Crippen molar-refractivity contribution in [3.8, 4) is 11.3 Å². The third-order valence-electron chi connectivity index (χ3n) is 9.27. The van der Waals surface area contributed by atoms with Gasteiger partial charge in [0.05, 0.1) is 22.3 Å². The van der Waals surface area contributed by atoms with Crippen LogP contribution in [0.3, 0.4) is 0 Å². The number of aromatic nitrogens is 1. The Labute approximate surface area is 269 Å². The van der Waals surface area contributed by atoms with E-state index in [0.29, 0.717) is 35.6 Å². The highest BCUT2D eigenvalue weighted by Gasteiger charge is 2.42. The number of pyridine rings is 1. The van der Waals surface area contributed by atoms with E-state index < -0.39 is 29.9 Å². The van der Waals surface area contributed by atoms with Crippen molar-refractivity contribution in [1.29, 1.82) is 0 Å². The molecule has 0 unspecified atom stereocenters. The van der Waals surface area contributed by atoms with Gasteiger partial charge in [0.2, 0.25) is 0 Å². The lowest BCUT2D eigenvalue weighted by molar-refractivity contribution is -0.155. The van der Waals surface area contributed by atoms with E-state index in [1.165, 1.54) is 55.7 Å². The molecule has 2 saturated heterocycles. The van der Waals surface area contributed by atoms with E-state index in [2.05, 4.69) is 15.1 Å². The van der Waals surface area contributed by atoms with Gasteiger partial charge in [-0.2, -0.15) is 26.3 Å². The van der Waals surface area contributed by atoms with Gasteiger partial charge in [0, 0.05) is 29.1 Å². The summed E-state index contributed by atoms with van der Waals surface area (Å²) in [5, 5.41) is 2.55. The maximum atomic E-state index is 14.4. The molecule has 11 heteroatoms. The average Bonchev–Trinajstić information content (AvgIpc) is 3.07. The molecule has 2 fully saturated rings. The molecule has 1 N–H and O–H groups in total. The number of rotatable bonds is 7. The number of piperidine rings is 2. The topological polar surface area (TPSA) is 48.5 Å². The molecule has 2 aliphatic heterocycles. The molecule has 1 atom stereocenters. The first-order valence-corrected chi connectivity index (χ1v) is 16.0. The monoisotopic (exact) mass is 654 g/mol. The van der Waals surface area contributed by atoms with E-state index in [0.717, 1.165) is 38.1 Å². The number of nitrogens with one attached hydrogen (secondary N) is 1. The van der Waals surface area contributed by atoms with Crippen LogP contribution in [0.1, 0.15) is 65.2 Å². The predicted molar refractivity (Wildman–Crippen MR) is 169 cm³/mol. The maximum absolute atomic E-state index is 14.4. The number of alkyl halides is 6. The maximum Gasteiger partial charge on any atom is 0.416 e. The van der Waals surface area contributed by atoms with E-state index in [9.17, 15) is 31.1 Å². The number of carbonyl (C=O) groups excluding carboxylic acids is 1. The lowest BCUT2D eigenvalue weighted by Crippen LogP contribution is -2.46. The summed E-state index contributed by atoms with van der Waals surface area (Å²) in [5.41, 5.74) is -0.176. The zero-order valence-corrected chi connectivity index (χ0v) is 25.7. The smallest absolute Gasteiger partial charge is 0.337 e. The number of halogens is 6. The second-order valence-electron chi connectivity index (χ2n) is 12.4. The number of amides is 1. The molecule has 6 rings (SSSR count). The highest BCUT2D eigenvalue weighted by molar-refractivity contribution is 6.09. The summed E-state index contributed by atoms with van der Waals surface area (Å²) in [5.74, 6) is -0.971. The fraction of sp³-hybridized carbons (Fsp3) is 0.389. The fourth-order valence-electron chi connectivity index (χ4n) is 6.90. The molecule has 248 valence electrons. The van der Waals surface area contributed by atoms with Gasteiger partial charge >= 0.3 is 12.4 Å². The largest absolute Gasteiger partial charge is 0.416 e. The van der Waals surface area contributed by atoms with Crippen LogP contribution in [0, 0.1) is 0 Å². The van der Waals surface area contributed by atoms with Crippen LogP contribution < -0.4 is 5.32 Å². The van der Waals surface area contributed by atoms with Crippen LogP contribution in [0.25, 0.3) is 22.2 Å². The molecule has 3 heterocycles. The van der Waals surface area contributed by atoms with Crippen LogP contribution in [0.5, 0.6) is 0 Å². The molecule has 0 spiro atoms. The lowest BCUT2D eigenvalue weighted by atomic mass is 9.93. The van der Waals surface area contributed by atoms with Crippen LogP contribution in [-0.2, 0) is 12.7 Å². The Balaban J connectivity index is 1.44. The van der Waals surface area contributed by atoms with E-state index in [-0.39, 0.29) is 28.9 Å². The first-order chi connectivity index (χ1) is 22.5. The first kappa shape index (κ1) is 33.0. The zero-order valence-electron chi connectivity index (χ0n) is 25.7. The molecule has 0 saturated carbocycles. The Kier molecular flexibility index (Phi) is 9.57. The number of carbonyl (C=O) groups is 1. The van der Waals surface area contributed by atoms with Crippen molar-refractivity contribution in [1.82, 2.24) is 20.1 Å². The lowest BCUT2D eigenvalue weighted by Gasteiger charge is -2.40. The zero-order chi connectivity index (χ0) is 33.2. The molecule has 4 aromatic rings. The quantitative estimate of drug-likeness (QED) is 0.204. The Morgan fingerprint density at radius 1 is 0.830 bits per heavy atom. The molecular weight excluding hydrogens is 618 g/mol. The number of likely N-dealkylation sites (tertiary alicyclic amines) is 2. The second-order valence-corrected chi connectivity index (χ2v) is 12.4. The molecule has 47 heavy (non-hydrogen) atoms. The Morgan fingerprint density at radius 2 is 1.51 bits per heavy atom. The average molecular weight is 655 g/mol. The molecule has 2 aliphatic rings. The summed E-state index contributed by atoms with van der Waals surface area (Å²) in [6.07, 6.45) is -4.10. The molecule has 1 amide bonds. The van der Waals surface area contributed by atoms with E-state index in [4.69, 9.17) is 4.98 Å². The Bertz CT molecular complexity index is 1690. The van der Waals surface area contributed by atoms with Crippen LogP contribution >= 0.6 is 0 Å². The van der Waals surface area contributed by atoms with Gasteiger partial charge in [-0.25, -0.2) is 4.98 Å². The Hall–Kier alpha value is -3.96. The standard InChI is InChI=1S/C36H36F6N4O/c37-35(38,39)26-13-9-12-25(22-26)32-29(23-45-20-16-27(17-21-45)46-18-7-2-8-19-46)31(28-14-5-6-15-30(28)43-32)34(47)44-33(36(40,41)42)24-10-3-1-4-11-24/h1,3-6,9-15,22,27,33H,2,7-8,16-21,23H2,(H,44,47)/t33-/m1/s1. The minimum absolute atomic E-state index is 0.0219. The summed E-state index contributed by atoms with van der Waals surface area (Å²) in [6, 6.07) is 16.5. The highest BCUT2D eigenvalue weighted by atomic mass is 19.4. The molecule has 0 aliphatic carbocycles. The summed E-state index contributed by atoms with van der Waals surface area (Å²) in [7, 11) is 0. The number of para-hydroxylation sites is 1. The number of fused-ring (bicyclic) bond motifs is 1. The van der Waals surface area contributed by atoms with Gasteiger partial charge < -0.3 is 10.2 Å². The van der Waals surface area contributed by atoms with Crippen LogP contribution in [-0.4, -0.2) is 59.1 Å². The van der Waals surface area contributed by atoms with E-state index in [1.54, 1.807) is 30.3 Å². The van der Waals surface area contributed by atoms with Gasteiger partial charge in [0.1, 0.15) is 0 Å². The van der Waals surface area contributed by atoms with Gasteiger partial charge in [-0.1, -0.05) is 67.1 Å². The third kappa shape index (κ3) is 7.46. The second kappa shape index (κ2) is 13.6. The van der Waals surface area contributed by atoms with E-state index in [1.807, 2.05) is 0 Å². The molecule has 1 aromatic heterocycles. The summed E-state index contributed by atoms with van der Waals surface area (Å²) in [6.45, 7) is 3.61. The summed E-state index contributed by atoms with van der Waals surface area (Å²) in [4.78, 5) is 23.6. The minimum Gasteiger partial charge on any atom is -0.337 e. The van der Waals surface area contributed by atoms with Crippen molar-refractivity contribution in [2.45, 2.75) is 63.1 Å². The Morgan fingerprint density at radius 3 is 2.19 bits per heavy atom. The molecule has 5 nitrogen and oxygen atoms in total. The van der Waals surface area contributed by atoms with E-state index >= 15 is 0 Å². The van der Waals surface area contributed by atoms with Gasteiger partial charge in [-0.15, -0.1) is 0 Å². The number of benzene rings is 3. The number of hydrogen-bond acceptors (Lipinski definition) is 4. The van der Waals surface area contributed by atoms with Gasteiger partial charge in [-0.05, 0) is 75.6 Å². The highest BCUT2D eigenvalue weighted by Crippen LogP contribution is 2.38. The van der Waals surface area contributed by atoms with Crippen LogP contribution in [0.4, 0.5) is 26.3 Å². The van der Waals surface area contributed by atoms with Crippen molar-refractivity contribution in [2.75, 3.05) is 26.2 Å². The third-order valence-corrected chi connectivity index (χ3v) is 9.27. The molecular formula is C36H36F6N4O. The van der Waals surface area contributed by atoms with Crippen molar-refractivity contribution in [3.05, 3.63) is 101 Å². The van der Waals surface area contributed by atoms with Crippen molar-refractivity contribution in [2.24, 2.45) is 0 Å². The molecule has 3 aromatic carbocycles. The van der Waals surface area contributed by atoms with Gasteiger partial charge in [-0.3, -0.25) is 9.69 Å². The SMILES string of the molecule is O=C(N[C@H](c1ccccc1)C(F)(F)F)c1c(CN2CCC(N3CCCCC3)CC2)c(-c2cccc(C(F)(F)F)c2)nc2ccccc12. The summed E-state index contributed by atoms with van der Waals surface area (Å²) < 4.78 is 84.7. The van der Waals surface area contributed by atoms with Crippen molar-refractivity contribution in [3.63, 3.8) is 0 Å². The van der Waals surface area contributed by atoms with Crippen LogP contribution in [0.2, 0.25) is 0 Å². The van der Waals surface area contributed by atoms with Crippen molar-refractivity contribution >= 4 is 16.8 Å². The predicted octanol–water partition coefficient (Wildman–Crippen LogP) is 8.40. The van der Waals surface area contributed by atoms with Crippen LogP contribution in [0.15, 0.2) is 78.9 Å². The fourth-order valence-corrected chi connectivity index (χ4v) is 6.90. The van der Waals surface area contributed by atoms with Gasteiger partial charge in [0.15, 0.2) is 6.04 Å². The minimum atomic E-state index is -4.81. The first-order valence-electron chi connectivity index (χ1n) is 16.0. The molecule has 0 radical (unpaired) electrons. The molecule has 0 bridgehead atoms. The number of nitrogens with zero attached hydrogens (tertiary/aromatic N) is 3. The van der Waals surface area contributed by atoms with Crippen molar-refractivity contribution < 1.29 is 31.1 Å². The summed E-state index contributed by atoms with van der Waals surface area (Å²) >= 11 is 0. The van der Waals surface area contributed by atoms with Gasteiger partial charge in [0.25, 0.3) is 5.91 Å². The number of hydrogen-bond donors (Lipinski definition) is 1.